The summed E-state index contributed by atoms with van der Waals surface area (Å²) in [6.07, 6.45) is 0. The highest BCUT2D eigenvalue weighted by Crippen LogP contribution is 2.21. The van der Waals surface area contributed by atoms with E-state index in [1.807, 2.05) is 25.1 Å². The zero-order chi connectivity index (χ0) is 16.6. The van der Waals surface area contributed by atoms with Crippen LogP contribution in [-0.2, 0) is 9.53 Å². The van der Waals surface area contributed by atoms with Gasteiger partial charge in [-0.1, -0.05) is 11.6 Å². The number of aryl methyl sites for hydroxylation is 2. The van der Waals surface area contributed by atoms with Gasteiger partial charge in [-0.05, 0) is 32.0 Å². The van der Waals surface area contributed by atoms with Crippen molar-refractivity contribution in [2.75, 3.05) is 19.8 Å². The Morgan fingerprint density at radius 2 is 2.09 bits per heavy atom. The maximum Gasteiger partial charge on any atom is 0.328 e. The Bertz CT molecular complexity index is 788. The normalized spacial score (nSPS) is 18.2. The number of aliphatic carboxylic acids is 1. The third kappa shape index (κ3) is 2.90. The molecule has 1 N–H and O–H groups in total. The van der Waals surface area contributed by atoms with Crippen molar-refractivity contribution in [3.05, 3.63) is 41.1 Å². The molecule has 1 aromatic heterocycles. The molecule has 1 fully saturated rings. The number of ether oxygens (including phenoxy) is 1. The molecule has 1 aliphatic rings. The molecule has 0 bridgehead atoms. The summed E-state index contributed by atoms with van der Waals surface area (Å²) in [7, 11) is 0. The number of carboxylic acids is 1. The highest BCUT2D eigenvalue weighted by Gasteiger charge is 2.34. The highest BCUT2D eigenvalue weighted by atomic mass is 16.5. The highest BCUT2D eigenvalue weighted by molar-refractivity contribution is 6.00. The number of fused-ring (bicyclic) bond motifs is 1. The monoisotopic (exact) mass is 314 g/mol. The van der Waals surface area contributed by atoms with Crippen LogP contribution in [0.3, 0.4) is 0 Å². The lowest BCUT2D eigenvalue weighted by molar-refractivity contribution is -0.147. The third-order valence-corrected chi connectivity index (χ3v) is 4.07. The molecule has 2 aromatic rings. The summed E-state index contributed by atoms with van der Waals surface area (Å²) in [5, 5.41) is 10.2. The van der Waals surface area contributed by atoms with Gasteiger partial charge in [0, 0.05) is 11.9 Å². The minimum atomic E-state index is -1.06. The number of pyridine rings is 1. The van der Waals surface area contributed by atoms with E-state index in [4.69, 9.17) is 4.74 Å². The van der Waals surface area contributed by atoms with Gasteiger partial charge in [-0.3, -0.25) is 9.78 Å². The SMILES string of the molecule is Cc1ccc2nc(C)c(C(=O)N3CCOC[C@@H]3C(=O)O)cc2c1. The molecule has 23 heavy (non-hydrogen) atoms. The van der Waals surface area contributed by atoms with E-state index < -0.39 is 12.0 Å². The van der Waals surface area contributed by atoms with E-state index in [9.17, 15) is 14.7 Å². The van der Waals surface area contributed by atoms with E-state index in [0.29, 0.717) is 17.9 Å². The third-order valence-electron chi connectivity index (χ3n) is 4.07. The van der Waals surface area contributed by atoms with Crippen molar-refractivity contribution in [1.82, 2.24) is 9.88 Å². The molecule has 0 radical (unpaired) electrons. The Hall–Kier alpha value is -2.47. The summed E-state index contributed by atoms with van der Waals surface area (Å²) in [5.41, 5.74) is 2.94. The first kappa shape index (κ1) is 15.4. The average molecular weight is 314 g/mol. The summed E-state index contributed by atoms with van der Waals surface area (Å²) in [6.45, 7) is 4.36. The van der Waals surface area contributed by atoms with Crippen LogP contribution in [0, 0.1) is 13.8 Å². The first-order chi connectivity index (χ1) is 11.0. The summed E-state index contributed by atoms with van der Waals surface area (Å²) in [4.78, 5) is 30.0. The Balaban J connectivity index is 2.02. The molecule has 0 unspecified atom stereocenters. The number of carboxylic acid groups (broad SMARTS) is 1. The van der Waals surface area contributed by atoms with E-state index in [1.54, 1.807) is 13.0 Å². The van der Waals surface area contributed by atoms with Gasteiger partial charge in [-0.15, -0.1) is 0 Å². The topological polar surface area (TPSA) is 79.7 Å². The zero-order valence-electron chi connectivity index (χ0n) is 13.1. The lowest BCUT2D eigenvalue weighted by Gasteiger charge is -2.33. The number of nitrogens with zero attached hydrogens (tertiary/aromatic N) is 2. The molecule has 2 heterocycles. The predicted octanol–water partition coefficient (Wildman–Crippen LogP) is 1.78. The fraction of sp³-hybridized carbons (Fsp3) is 0.353. The van der Waals surface area contributed by atoms with Crippen molar-refractivity contribution in [1.29, 1.82) is 0 Å². The standard InChI is InChI=1S/C17H18N2O4/c1-10-3-4-14-12(7-10)8-13(11(2)18-14)16(20)19-5-6-23-9-15(19)17(21)22/h3-4,7-8,15H,5-6,9H2,1-2H3,(H,21,22)/t15-/m1/s1. The number of carbonyl (C=O) groups is 2. The molecule has 1 saturated heterocycles. The van der Waals surface area contributed by atoms with Gasteiger partial charge >= 0.3 is 5.97 Å². The van der Waals surface area contributed by atoms with Crippen LogP contribution in [0.25, 0.3) is 10.9 Å². The van der Waals surface area contributed by atoms with Crippen molar-refractivity contribution in [2.45, 2.75) is 19.9 Å². The second-order valence-corrected chi connectivity index (χ2v) is 5.74. The van der Waals surface area contributed by atoms with Crippen LogP contribution in [0.2, 0.25) is 0 Å². The van der Waals surface area contributed by atoms with Gasteiger partial charge in [-0.2, -0.15) is 0 Å². The van der Waals surface area contributed by atoms with Crippen LogP contribution >= 0.6 is 0 Å². The number of hydrogen-bond donors (Lipinski definition) is 1. The molecular formula is C17H18N2O4. The molecule has 0 spiro atoms. The number of aromatic nitrogens is 1. The second kappa shape index (κ2) is 5.96. The van der Waals surface area contributed by atoms with Crippen LogP contribution in [0.15, 0.2) is 24.3 Å². The number of benzene rings is 1. The van der Waals surface area contributed by atoms with Crippen LogP contribution in [0.4, 0.5) is 0 Å². The summed E-state index contributed by atoms with van der Waals surface area (Å²) >= 11 is 0. The Kier molecular flexibility index (Phi) is 4.00. The number of hydrogen-bond acceptors (Lipinski definition) is 4. The zero-order valence-corrected chi connectivity index (χ0v) is 13.1. The molecule has 0 aliphatic carbocycles. The lowest BCUT2D eigenvalue weighted by atomic mass is 10.1. The van der Waals surface area contributed by atoms with E-state index in [-0.39, 0.29) is 19.1 Å². The quantitative estimate of drug-likeness (QED) is 0.914. The molecule has 6 nitrogen and oxygen atoms in total. The Morgan fingerprint density at radius 1 is 1.30 bits per heavy atom. The van der Waals surface area contributed by atoms with Crippen LogP contribution in [0.5, 0.6) is 0 Å². The number of rotatable bonds is 2. The minimum absolute atomic E-state index is 0.0141. The van der Waals surface area contributed by atoms with Gasteiger partial charge in [0.1, 0.15) is 0 Å². The van der Waals surface area contributed by atoms with E-state index in [2.05, 4.69) is 4.98 Å². The molecule has 1 atom stereocenters. The van der Waals surface area contributed by atoms with Gasteiger partial charge in [0.15, 0.2) is 6.04 Å². The van der Waals surface area contributed by atoms with E-state index >= 15 is 0 Å². The molecular weight excluding hydrogens is 296 g/mol. The molecule has 6 heteroatoms. The predicted molar refractivity (Wildman–Crippen MR) is 84.5 cm³/mol. The first-order valence-corrected chi connectivity index (χ1v) is 7.47. The van der Waals surface area contributed by atoms with E-state index in [1.165, 1.54) is 4.90 Å². The summed E-state index contributed by atoms with van der Waals surface area (Å²) in [5.74, 6) is -1.37. The smallest absolute Gasteiger partial charge is 0.328 e. The Labute approximate surface area is 133 Å². The fourth-order valence-electron chi connectivity index (χ4n) is 2.81. The lowest BCUT2D eigenvalue weighted by Crippen LogP contribution is -2.52. The molecule has 120 valence electrons. The number of morpholine rings is 1. The van der Waals surface area contributed by atoms with Crippen molar-refractivity contribution in [2.24, 2.45) is 0 Å². The van der Waals surface area contributed by atoms with Crippen molar-refractivity contribution < 1.29 is 19.4 Å². The van der Waals surface area contributed by atoms with Crippen molar-refractivity contribution in [3.63, 3.8) is 0 Å². The van der Waals surface area contributed by atoms with E-state index in [0.717, 1.165) is 16.5 Å². The van der Waals surface area contributed by atoms with Gasteiger partial charge < -0.3 is 14.7 Å². The van der Waals surface area contributed by atoms with Crippen LogP contribution in [-0.4, -0.2) is 52.7 Å². The number of carbonyl (C=O) groups excluding carboxylic acids is 1. The summed E-state index contributed by atoms with van der Waals surface area (Å²) < 4.78 is 5.19. The van der Waals surface area contributed by atoms with Gasteiger partial charge in [0.2, 0.25) is 0 Å². The Morgan fingerprint density at radius 3 is 2.83 bits per heavy atom. The fourth-order valence-corrected chi connectivity index (χ4v) is 2.81. The summed E-state index contributed by atoms with van der Waals surface area (Å²) in [6, 6.07) is 6.69. The maximum absolute atomic E-state index is 12.8. The second-order valence-electron chi connectivity index (χ2n) is 5.74. The number of amides is 1. The van der Waals surface area contributed by atoms with Gasteiger partial charge in [0.25, 0.3) is 5.91 Å². The maximum atomic E-state index is 12.8. The minimum Gasteiger partial charge on any atom is -0.480 e. The van der Waals surface area contributed by atoms with Crippen molar-refractivity contribution in [3.8, 4) is 0 Å². The molecule has 1 aliphatic heterocycles. The molecule has 1 aromatic carbocycles. The first-order valence-electron chi connectivity index (χ1n) is 7.47. The van der Waals surface area contributed by atoms with Gasteiger partial charge in [-0.25, -0.2) is 4.79 Å². The molecule has 1 amide bonds. The van der Waals surface area contributed by atoms with Gasteiger partial charge in [0.05, 0.1) is 30.0 Å². The molecule has 3 rings (SSSR count). The van der Waals surface area contributed by atoms with Crippen LogP contribution in [0.1, 0.15) is 21.6 Å². The molecule has 0 saturated carbocycles. The largest absolute Gasteiger partial charge is 0.480 e. The average Bonchev–Trinajstić information content (AvgIpc) is 2.54. The van der Waals surface area contributed by atoms with Crippen LogP contribution < -0.4 is 0 Å². The van der Waals surface area contributed by atoms with Crippen molar-refractivity contribution >= 4 is 22.8 Å².